The Morgan fingerprint density at radius 3 is 0.792 bits per heavy atom. The number of para-hydroxylation sites is 2. The van der Waals surface area contributed by atoms with Gasteiger partial charge in [-0.1, -0.05) is 123 Å². The minimum atomic E-state index is -4.55. The maximum absolute atomic E-state index is 13.8. The summed E-state index contributed by atoms with van der Waals surface area (Å²) in [6.07, 6.45) is 12.7. The number of fused-ring (bicyclic) bond motifs is 3. The van der Waals surface area contributed by atoms with Crippen molar-refractivity contribution in [2.24, 2.45) is 13.5 Å². The Kier molecular flexibility index (Phi) is 19.7. The number of ether oxygens (including phenoxy) is 4. The van der Waals surface area contributed by atoms with Crippen molar-refractivity contribution in [2.45, 2.75) is 0 Å². The van der Waals surface area contributed by atoms with Crippen molar-refractivity contribution in [2.75, 3.05) is 28.4 Å². The fourth-order valence-corrected chi connectivity index (χ4v) is 18.9. The number of rotatable bonds is 24. The van der Waals surface area contributed by atoms with Gasteiger partial charge in [0.1, 0.15) is 57.5 Å². The van der Waals surface area contributed by atoms with Crippen LogP contribution in [-0.4, -0.2) is 51.6 Å². The third-order valence-corrected chi connectivity index (χ3v) is 22.9. The van der Waals surface area contributed by atoms with Gasteiger partial charge in [-0.25, -0.2) is 0 Å². The summed E-state index contributed by atoms with van der Waals surface area (Å²) in [7, 11) is -7.15. The second-order valence-corrected chi connectivity index (χ2v) is 27.4. The molecule has 0 fully saturated rings. The highest BCUT2D eigenvalue weighted by Gasteiger charge is 2.50. The number of allylic oxidation sites excluding steroid dienone is 4. The Morgan fingerprint density at radius 2 is 0.531 bits per heavy atom. The van der Waals surface area contributed by atoms with Gasteiger partial charge in [-0.15, -0.1) is 0 Å². The first-order valence-corrected chi connectivity index (χ1v) is 34.5. The summed E-state index contributed by atoms with van der Waals surface area (Å²) in [5.74, 6) is 2.70. The lowest BCUT2D eigenvalue weighted by molar-refractivity contribution is 0.103. The fourth-order valence-electron chi connectivity index (χ4n) is 9.75. The lowest BCUT2D eigenvalue weighted by Gasteiger charge is -2.32. The van der Waals surface area contributed by atoms with Gasteiger partial charge in [0.05, 0.1) is 28.4 Å². The van der Waals surface area contributed by atoms with Crippen LogP contribution in [0.4, 0.5) is 0 Å². The first-order chi connectivity index (χ1) is 46.8. The molecule has 0 bridgehead atoms. The number of carbonyl (C=O) groups is 4. The van der Waals surface area contributed by atoms with Crippen LogP contribution in [0.15, 0.2) is 281 Å². The third kappa shape index (κ3) is 15.8. The molecule has 0 aliphatic carbocycles. The molecule has 96 heavy (non-hydrogen) atoms. The molecule has 0 saturated heterocycles. The van der Waals surface area contributed by atoms with Gasteiger partial charge in [-0.2, -0.15) is 0 Å². The molecule has 0 saturated carbocycles. The standard InChI is InChI=1S/C76H60N3O14P3/c1-84-61-33-13-53(14-34-61)21-49-71(80)57-25-41-65(42-26-57)88-94(89-66-43-27-58(28-44-66)72(81)50-22-54-15-35-62(85-2)36-16-54)77-95(79-96(78-94)92-75-11-7-5-9-69(75)70-10-6-8-12-76(70)93-96,90-67-45-29-59(30-46-67)73(82)51-23-55-17-37-63(86-3)38-18-55)91-68-47-31-60(32-48-68)74(83)52-24-56-19-39-64(87-4)40-20-56/h5-52H,1-4H3/b49-21+,50-22+,51-23+,52-24+. The fraction of sp³-hybridized carbons (Fsp3) is 0.0526. The van der Waals surface area contributed by atoms with E-state index in [-0.39, 0.29) is 46.1 Å². The van der Waals surface area contributed by atoms with Crippen molar-refractivity contribution in [1.29, 1.82) is 0 Å². The number of nitrogens with zero attached hydrogens (tertiary/aromatic N) is 3. The molecule has 0 atom stereocenters. The van der Waals surface area contributed by atoms with Gasteiger partial charge in [0.25, 0.3) is 0 Å². The van der Waals surface area contributed by atoms with Gasteiger partial charge in [-0.05, 0) is 204 Å². The van der Waals surface area contributed by atoms with E-state index in [0.717, 1.165) is 22.3 Å². The third-order valence-electron chi connectivity index (χ3n) is 14.8. The maximum atomic E-state index is 13.8. The van der Waals surface area contributed by atoms with Gasteiger partial charge in [-0.3, -0.25) is 19.2 Å². The normalized spacial score (nSPS) is 13.9. The van der Waals surface area contributed by atoms with E-state index < -0.39 is 23.0 Å². The van der Waals surface area contributed by atoms with Gasteiger partial charge in [0, 0.05) is 33.4 Å². The van der Waals surface area contributed by atoms with E-state index in [0.29, 0.717) is 67.9 Å². The average molecular weight is 1330 g/mol. The molecule has 10 aromatic rings. The van der Waals surface area contributed by atoms with Gasteiger partial charge in [0.2, 0.25) is 0 Å². The van der Waals surface area contributed by atoms with Crippen molar-refractivity contribution in [1.82, 2.24) is 0 Å². The van der Waals surface area contributed by atoms with E-state index in [9.17, 15) is 19.2 Å². The van der Waals surface area contributed by atoms with E-state index in [1.165, 1.54) is 24.3 Å². The molecular weight excluding hydrogens is 1270 g/mol. The molecule has 2 heterocycles. The van der Waals surface area contributed by atoms with Crippen LogP contribution < -0.4 is 46.1 Å². The molecule has 0 aromatic heterocycles. The number of benzene rings is 10. The molecule has 0 unspecified atom stereocenters. The summed E-state index contributed by atoms with van der Waals surface area (Å²) < 4.78 is 80.1. The number of carbonyl (C=O) groups excluding carboxylic acids is 4. The van der Waals surface area contributed by atoms with Crippen LogP contribution in [0.3, 0.4) is 0 Å². The first kappa shape index (κ1) is 64.6. The first-order valence-electron chi connectivity index (χ1n) is 29.9. The lowest BCUT2D eigenvalue weighted by Crippen LogP contribution is -2.11. The zero-order valence-electron chi connectivity index (χ0n) is 52.1. The molecule has 478 valence electrons. The van der Waals surface area contributed by atoms with Gasteiger partial charge >= 0.3 is 23.0 Å². The van der Waals surface area contributed by atoms with E-state index in [4.69, 9.17) is 59.6 Å². The molecule has 1 spiro atoms. The molecular formula is C76H60N3O14P3. The quantitative estimate of drug-likeness (QED) is 0.0314. The molecule has 2 aliphatic heterocycles. The Balaban J connectivity index is 1.00. The van der Waals surface area contributed by atoms with Crippen molar-refractivity contribution < 1.29 is 65.3 Å². The maximum Gasteiger partial charge on any atom is 0.460 e. The molecule has 17 nitrogen and oxygen atoms in total. The van der Waals surface area contributed by atoms with Crippen LogP contribution in [0.5, 0.6) is 57.5 Å². The second kappa shape index (κ2) is 29.2. The van der Waals surface area contributed by atoms with Crippen molar-refractivity contribution in [3.8, 4) is 68.6 Å². The van der Waals surface area contributed by atoms with Gasteiger partial charge < -0.3 is 46.1 Å². The van der Waals surface area contributed by atoms with Crippen molar-refractivity contribution in [3.63, 3.8) is 0 Å². The van der Waals surface area contributed by atoms with Gasteiger partial charge in [0.15, 0.2) is 23.1 Å². The highest BCUT2D eigenvalue weighted by molar-refractivity contribution is 7.79. The summed E-state index contributed by atoms with van der Waals surface area (Å²) in [4.78, 5) is 55.2. The minimum absolute atomic E-state index is 0.131. The highest BCUT2D eigenvalue weighted by atomic mass is 31.3. The topological polar surface area (TPSA) is 198 Å². The number of hydrogen-bond donors (Lipinski definition) is 0. The Morgan fingerprint density at radius 1 is 0.292 bits per heavy atom. The molecule has 10 aromatic carbocycles. The summed E-state index contributed by atoms with van der Waals surface area (Å²) in [5.41, 5.74) is 5.75. The highest BCUT2D eigenvalue weighted by Crippen LogP contribution is 2.79. The van der Waals surface area contributed by atoms with Crippen LogP contribution in [0.2, 0.25) is 0 Å². The van der Waals surface area contributed by atoms with E-state index in [1.807, 2.05) is 72.8 Å². The van der Waals surface area contributed by atoms with E-state index in [1.54, 1.807) is 223 Å². The summed E-state index contributed by atoms with van der Waals surface area (Å²) in [5, 5.41) is 0. The van der Waals surface area contributed by atoms with Crippen molar-refractivity contribution in [3.05, 3.63) is 311 Å². The Hall–Kier alpha value is -11.5. The smallest absolute Gasteiger partial charge is 0.460 e. The largest absolute Gasteiger partial charge is 0.497 e. The molecule has 0 radical (unpaired) electrons. The molecule has 2 aliphatic rings. The molecule has 0 N–H and O–H groups in total. The van der Waals surface area contributed by atoms with E-state index in [2.05, 4.69) is 0 Å². The second-order valence-electron chi connectivity index (χ2n) is 21.3. The monoisotopic (exact) mass is 1330 g/mol. The Labute approximate surface area is 554 Å². The molecule has 20 heteroatoms. The lowest BCUT2D eigenvalue weighted by atomic mass is 10.0. The van der Waals surface area contributed by atoms with Crippen LogP contribution in [0.25, 0.3) is 35.4 Å². The van der Waals surface area contributed by atoms with Crippen LogP contribution >= 0.6 is 23.0 Å². The number of hydrogen-bond acceptors (Lipinski definition) is 17. The Bertz CT molecular complexity index is 4300. The van der Waals surface area contributed by atoms with E-state index >= 15 is 0 Å². The number of ketones is 4. The summed E-state index contributed by atoms with van der Waals surface area (Å²) >= 11 is 0. The summed E-state index contributed by atoms with van der Waals surface area (Å²) in [6.45, 7) is 0. The predicted molar refractivity (Wildman–Crippen MR) is 375 cm³/mol. The SMILES string of the molecule is COc1ccc(/C=C/C(=O)c2ccc(OP3(Oc4ccc(C(=O)/C=C/c5ccc(OC)cc5)cc4)=NP(Oc4ccc(C(=O)/C=C/c5ccc(OC)cc5)cc4)(Oc4ccc(C(=O)/C=C/c5ccc(OC)cc5)cc4)=NP4(=N3)Oc3ccccc3-c3ccccc3O4)cc2)cc1. The predicted octanol–water partition coefficient (Wildman–Crippen LogP) is 19.9. The molecule has 12 rings (SSSR count). The molecule has 0 amide bonds. The van der Waals surface area contributed by atoms with Crippen molar-refractivity contribution >= 4 is 70.4 Å². The minimum Gasteiger partial charge on any atom is -0.497 e. The zero-order valence-corrected chi connectivity index (χ0v) is 54.8. The van der Waals surface area contributed by atoms with Crippen LogP contribution in [0.1, 0.15) is 63.7 Å². The summed E-state index contributed by atoms with van der Waals surface area (Å²) in [6, 6.07) is 69.1. The number of methoxy groups -OCH3 is 4. The zero-order chi connectivity index (χ0) is 66.5. The van der Waals surface area contributed by atoms with Crippen LogP contribution in [0, 0.1) is 0 Å². The van der Waals surface area contributed by atoms with Crippen LogP contribution in [-0.2, 0) is 0 Å². The average Bonchev–Trinajstić information content (AvgIpc) is 1.21.